The highest BCUT2D eigenvalue weighted by Crippen LogP contribution is 2.19. The van der Waals surface area contributed by atoms with Crippen molar-refractivity contribution >= 4 is 38.8 Å². The number of aryl methyl sites for hydroxylation is 3. The van der Waals surface area contributed by atoms with Gasteiger partial charge in [-0.3, -0.25) is 19.3 Å². The molecular weight excluding hydrogens is 504 g/mol. The fraction of sp³-hybridized carbons (Fsp3) is 0.409. The molecular formula is C22H28N8O6S. The molecule has 3 heterocycles. The highest BCUT2D eigenvalue weighted by atomic mass is 32.2. The number of sulfonamides is 1. The Hall–Kier alpha value is -3.98. The van der Waals surface area contributed by atoms with Crippen molar-refractivity contribution in [1.82, 2.24) is 35.6 Å². The maximum Gasteiger partial charge on any atom is 0.323 e. The smallest absolute Gasteiger partial charge is 0.323 e. The number of aliphatic imine (C=N–C) groups is 1. The predicted octanol–water partition coefficient (Wildman–Crippen LogP) is -0.258. The first-order chi connectivity index (χ1) is 17.7. The summed E-state index contributed by atoms with van der Waals surface area (Å²) in [5.74, 6) is -1.16. The van der Waals surface area contributed by atoms with Crippen LogP contribution < -0.4 is 20.7 Å². The minimum atomic E-state index is -4.24. The summed E-state index contributed by atoms with van der Waals surface area (Å²) in [4.78, 5) is 28.4. The molecule has 0 saturated carbocycles. The van der Waals surface area contributed by atoms with E-state index in [1.54, 1.807) is 24.4 Å². The topological polar surface area (TPSA) is 193 Å². The number of guanidine groups is 1. The van der Waals surface area contributed by atoms with Gasteiger partial charge >= 0.3 is 5.97 Å². The fourth-order valence-corrected chi connectivity index (χ4v) is 5.46. The van der Waals surface area contributed by atoms with Gasteiger partial charge < -0.3 is 25.6 Å². The van der Waals surface area contributed by atoms with Crippen LogP contribution in [0, 0.1) is 13.8 Å². The molecule has 1 aromatic carbocycles. The molecule has 0 fully saturated rings. The van der Waals surface area contributed by atoms with E-state index in [4.69, 9.17) is 4.52 Å². The largest absolute Gasteiger partial charge is 0.480 e. The normalized spacial score (nSPS) is 14.3. The summed E-state index contributed by atoms with van der Waals surface area (Å²) in [5, 5.41) is 27.1. The van der Waals surface area contributed by atoms with Gasteiger partial charge in [0.05, 0.1) is 18.3 Å². The molecule has 1 aliphatic rings. The molecule has 0 radical (unpaired) electrons. The van der Waals surface area contributed by atoms with Gasteiger partial charge in [-0.25, -0.2) is 8.42 Å². The molecule has 1 aliphatic heterocycles. The van der Waals surface area contributed by atoms with Crippen LogP contribution in [-0.2, 0) is 21.4 Å². The summed E-state index contributed by atoms with van der Waals surface area (Å²) in [5.41, 5.74) is 1.24. The molecule has 0 spiro atoms. The van der Waals surface area contributed by atoms with Crippen molar-refractivity contribution in [2.45, 2.75) is 37.8 Å². The van der Waals surface area contributed by atoms with Crippen LogP contribution in [0.3, 0.4) is 0 Å². The molecule has 0 aliphatic carbocycles. The second kappa shape index (κ2) is 11.0. The first-order valence-corrected chi connectivity index (χ1v) is 13.1. The molecule has 0 bridgehead atoms. The van der Waals surface area contributed by atoms with Gasteiger partial charge in [0.25, 0.3) is 5.91 Å². The molecule has 5 N–H and O–H groups in total. The number of hydrogen-bond acceptors (Lipinski definition) is 10. The van der Waals surface area contributed by atoms with Gasteiger partial charge in [0, 0.05) is 37.1 Å². The average molecular weight is 533 g/mol. The molecule has 4 rings (SSSR count). The van der Waals surface area contributed by atoms with Crippen LogP contribution in [0.5, 0.6) is 0 Å². The molecule has 1 unspecified atom stereocenters. The third-order valence-corrected chi connectivity index (χ3v) is 7.43. The SMILES string of the molecule is Cc1noc(C)c1S(=O)(=O)NC(CNC(=O)c1ccc2c(cnn2CCCNC2=NCCN2)c1)C(=O)O. The van der Waals surface area contributed by atoms with Crippen molar-refractivity contribution in [2.75, 3.05) is 26.2 Å². The summed E-state index contributed by atoms with van der Waals surface area (Å²) in [6, 6.07) is 3.41. The van der Waals surface area contributed by atoms with E-state index in [9.17, 15) is 23.1 Å². The molecule has 2 aromatic heterocycles. The van der Waals surface area contributed by atoms with Crippen LogP contribution in [0.25, 0.3) is 10.9 Å². The zero-order chi connectivity index (χ0) is 26.6. The van der Waals surface area contributed by atoms with E-state index in [0.29, 0.717) is 6.54 Å². The lowest BCUT2D eigenvalue weighted by Gasteiger charge is -2.15. The van der Waals surface area contributed by atoms with Crippen molar-refractivity contribution in [2.24, 2.45) is 4.99 Å². The van der Waals surface area contributed by atoms with Crippen LogP contribution in [0.4, 0.5) is 0 Å². The number of carbonyl (C=O) groups excluding carboxylic acids is 1. The lowest BCUT2D eigenvalue weighted by molar-refractivity contribution is -0.138. The maximum atomic E-state index is 12.7. The molecule has 37 heavy (non-hydrogen) atoms. The third-order valence-electron chi connectivity index (χ3n) is 5.72. The number of benzene rings is 1. The summed E-state index contributed by atoms with van der Waals surface area (Å²) in [6.07, 6.45) is 2.47. The lowest BCUT2D eigenvalue weighted by atomic mass is 10.1. The minimum Gasteiger partial charge on any atom is -0.480 e. The van der Waals surface area contributed by atoms with E-state index < -0.39 is 34.5 Å². The minimum absolute atomic E-state index is 0.0310. The van der Waals surface area contributed by atoms with Gasteiger partial charge in [-0.05, 0) is 38.5 Å². The summed E-state index contributed by atoms with van der Waals surface area (Å²) in [6.45, 7) is 5.39. The maximum absolute atomic E-state index is 12.7. The van der Waals surface area contributed by atoms with Crippen molar-refractivity contribution in [3.8, 4) is 0 Å². The third kappa shape index (κ3) is 6.06. The summed E-state index contributed by atoms with van der Waals surface area (Å²) in [7, 11) is -4.24. The number of nitrogens with zero attached hydrogens (tertiary/aromatic N) is 4. The standard InChI is InChI=1S/C22H28N8O6S/c1-13-19(14(2)36-28-13)37(34,35)29-17(21(32)33)12-26-20(31)15-4-5-18-16(10-15)11-27-30(18)9-3-6-23-22-24-7-8-25-22/h4-5,10-11,17,29H,3,6-9,12H2,1-2H3,(H,26,31)(H,32,33)(H2,23,24,25). The molecule has 14 nitrogen and oxygen atoms in total. The second-order valence-electron chi connectivity index (χ2n) is 8.45. The summed E-state index contributed by atoms with van der Waals surface area (Å²) < 4.78 is 34.1. The van der Waals surface area contributed by atoms with Gasteiger partial charge in [-0.2, -0.15) is 9.82 Å². The Bertz CT molecular complexity index is 1420. The van der Waals surface area contributed by atoms with Crippen molar-refractivity contribution < 1.29 is 27.6 Å². The Morgan fingerprint density at radius 3 is 2.78 bits per heavy atom. The Labute approximate surface area is 212 Å². The van der Waals surface area contributed by atoms with E-state index in [1.165, 1.54) is 13.8 Å². The second-order valence-corrected chi connectivity index (χ2v) is 10.1. The van der Waals surface area contributed by atoms with Gasteiger partial charge in [0.2, 0.25) is 10.0 Å². The molecule has 1 amide bonds. The summed E-state index contributed by atoms with van der Waals surface area (Å²) >= 11 is 0. The van der Waals surface area contributed by atoms with Crippen molar-refractivity contribution in [1.29, 1.82) is 0 Å². The van der Waals surface area contributed by atoms with Gasteiger partial charge in [0.1, 0.15) is 16.6 Å². The van der Waals surface area contributed by atoms with Gasteiger partial charge in [0.15, 0.2) is 11.7 Å². The fourth-order valence-electron chi connectivity index (χ4n) is 3.94. The molecule has 1 atom stereocenters. The monoisotopic (exact) mass is 532 g/mol. The zero-order valence-electron chi connectivity index (χ0n) is 20.3. The highest BCUT2D eigenvalue weighted by Gasteiger charge is 2.30. The number of rotatable bonds is 11. The van der Waals surface area contributed by atoms with Crippen LogP contribution in [-0.4, -0.2) is 78.5 Å². The Morgan fingerprint density at radius 2 is 2.11 bits per heavy atom. The van der Waals surface area contributed by atoms with Crippen LogP contribution in [0.2, 0.25) is 0 Å². The predicted molar refractivity (Wildman–Crippen MR) is 133 cm³/mol. The zero-order valence-corrected chi connectivity index (χ0v) is 21.1. The molecule has 3 aromatic rings. The number of nitrogens with one attached hydrogen (secondary N) is 4. The molecule has 198 valence electrons. The van der Waals surface area contributed by atoms with Crippen molar-refractivity contribution in [3.63, 3.8) is 0 Å². The Morgan fingerprint density at radius 1 is 1.30 bits per heavy atom. The van der Waals surface area contributed by atoms with E-state index >= 15 is 0 Å². The first-order valence-electron chi connectivity index (χ1n) is 11.6. The van der Waals surface area contributed by atoms with Crippen LogP contribution in [0.15, 0.2) is 38.8 Å². The number of fused-ring (bicyclic) bond motifs is 1. The van der Waals surface area contributed by atoms with Crippen molar-refractivity contribution in [3.05, 3.63) is 41.4 Å². The van der Waals surface area contributed by atoms with Gasteiger partial charge in [-0.15, -0.1) is 0 Å². The first kappa shape index (κ1) is 26.1. The number of carboxylic acid groups (broad SMARTS) is 1. The Kier molecular flexibility index (Phi) is 7.73. The number of aromatic nitrogens is 3. The van der Waals surface area contributed by atoms with Gasteiger partial charge in [-0.1, -0.05) is 5.16 Å². The Balaban J connectivity index is 1.35. The number of carbonyl (C=O) groups is 2. The van der Waals surface area contributed by atoms with E-state index in [-0.39, 0.29) is 21.9 Å². The van der Waals surface area contributed by atoms with E-state index in [1.807, 2.05) is 4.68 Å². The van der Waals surface area contributed by atoms with Crippen LogP contribution in [0.1, 0.15) is 28.2 Å². The lowest BCUT2D eigenvalue weighted by Crippen LogP contribution is -2.48. The number of aliphatic carboxylic acids is 1. The van der Waals surface area contributed by atoms with E-state index in [0.717, 1.165) is 42.9 Å². The van der Waals surface area contributed by atoms with E-state index in [2.05, 4.69) is 35.9 Å². The van der Waals surface area contributed by atoms with Crippen LogP contribution >= 0.6 is 0 Å². The number of amides is 1. The highest BCUT2D eigenvalue weighted by molar-refractivity contribution is 7.89. The number of hydrogen-bond donors (Lipinski definition) is 5. The quantitative estimate of drug-likeness (QED) is 0.205. The molecule has 0 saturated heterocycles. The number of carboxylic acids is 1. The average Bonchev–Trinajstić information content (AvgIpc) is 3.59. The molecule has 15 heteroatoms.